The highest BCUT2D eigenvalue weighted by atomic mass is 16.5. The van der Waals surface area contributed by atoms with E-state index in [1.165, 1.54) is 0 Å². The molecule has 0 saturated carbocycles. The van der Waals surface area contributed by atoms with Crippen molar-refractivity contribution in [3.63, 3.8) is 0 Å². The summed E-state index contributed by atoms with van der Waals surface area (Å²) < 4.78 is 11.2. The van der Waals surface area contributed by atoms with Crippen molar-refractivity contribution in [1.82, 2.24) is 4.90 Å². The van der Waals surface area contributed by atoms with Gasteiger partial charge >= 0.3 is 0 Å². The summed E-state index contributed by atoms with van der Waals surface area (Å²) in [5.41, 5.74) is 0. The molecule has 0 radical (unpaired) electrons. The van der Waals surface area contributed by atoms with Crippen LogP contribution in [0.2, 0.25) is 0 Å². The summed E-state index contributed by atoms with van der Waals surface area (Å²) in [6.45, 7) is 3.01. The predicted molar refractivity (Wildman–Crippen MR) is 75.6 cm³/mol. The number of carbonyl (C=O) groups is 1. The number of hydrogen-bond acceptors (Lipinski definition) is 3. The molecular weight excluding hydrogens is 254 g/mol. The van der Waals surface area contributed by atoms with E-state index in [0.29, 0.717) is 25.4 Å². The van der Waals surface area contributed by atoms with Crippen molar-refractivity contribution in [2.24, 2.45) is 5.92 Å². The number of hydrogen-bond donors (Lipinski definition) is 0. The Morgan fingerprint density at radius 1 is 1.30 bits per heavy atom. The number of nitrogens with zero attached hydrogens (tertiary/aromatic N) is 1. The maximum Gasteiger partial charge on any atom is 0.223 e. The lowest BCUT2D eigenvalue weighted by Crippen LogP contribution is -2.56. The molecule has 2 aliphatic heterocycles. The van der Waals surface area contributed by atoms with E-state index in [1.54, 1.807) is 0 Å². The largest absolute Gasteiger partial charge is 0.487 e. The molecule has 0 aromatic heterocycles. The van der Waals surface area contributed by atoms with E-state index >= 15 is 0 Å². The van der Waals surface area contributed by atoms with Gasteiger partial charge in [0.25, 0.3) is 0 Å². The Morgan fingerprint density at radius 3 is 2.80 bits per heavy atom. The van der Waals surface area contributed by atoms with Crippen molar-refractivity contribution in [3.05, 3.63) is 30.3 Å². The first-order chi connectivity index (χ1) is 9.81. The highest BCUT2D eigenvalue weighted by molar-refractivity contribution is 5.77. The first-order valence-electron chi connectivity index (χ1n) is 7.38. The first-order valence-corrected chi connectivity index (χ1v) is 7.38. The minimum Gasteiger partial charge on any atom is -0.487 e. The number of benzene rings is 1. The Labute approximate surface area is 119 Å². The predicted octanol–water partition coefficient (Wildman–Crippen LogP) is 2.09. The molecule has 1 aromatic rings. The lowest BCUT2D eigenvalue weighted by atomic mass is 9.97. The molecule has 2 fully saturated rings. The van der Waals surface area contributed by atoms with E-state index < -0.39 is 0 Å². The van der Waals surface area contributed by atoms with E-state index in [0.717, 1.165) is 31.8 Å². The fourth-order valence-corrected chi connectivity index (χ4v) is 2.75. The minimum atomic E-state index is 0.143. The zero-order valence-corrected chi connectivity index (χ0v) is 11.7. The maximum absolute atomic E-state index is 12.1. The third kappa shape index (κ3) is 3.31. The molecule has 0 spiro atoms. The van der Waals surface area contributed by atoms with Crippen LogP contribution in [-0.2, 0) is 9.53 Å². The van der Waals surface area contributed by atoms with E-state index in [4.69, 9.17) is 9.47 Å². The fraction of sp³-hybridized carbons (Fsp3) is 0.562. The highest BCUT2D eigenvalue weighted by Gasteiger charge is 2.33. The average Bonchev–Trinajstić information content (AvgIpc) is 2.44. The van der Waals surface area contributed by atoms with Crippen molar-refractivity contribution in [2.75, 3.05) is 26.3 Å². The summed E-state index contributed by atoms with van der Waals surface area (Å²) in [6, 6.07) is 9.78. The normalized spacial score (nSPS) is 23.2. The number of ether oxygens (including phenoxy) is 2. The van der Waals surface area contributed by atoms with Gasteiger partial charge in [0, 0.05) is 19.6 Å². The van der Waals surface area contributed by atoms with Crippen molar-refractivity contribution >= 4 is 5.91 Å². The molecule has 2 saturated heterocycles. The van der Waals surface area contributed by atoms with Gasteiger partial charge in [-0.25, -0.2) is 0 Å². The number of amides is 1. The SMILES string of the molecule is O=C(C[C@H]1CCCOC1)N1CC(Oc2ccccc2)C1. The van der Waals surface area contributed by atoms with Gasteiger partial charge in [-0.3, -0.25) is 4.79 Å². The molecule has 1 amide bonds. The molecule has 1 atom stereocenters. The third-order valence-electron chi connectivity index (χ3n) is 3.96. The zero-order valence-electron chi connectivity index (χ0n) is 11.7. The number of carbonyl (C=O) groups excluding carboxylic acids is 1. The smallest absolute Gasteiger partial charge is 0.223 e. The topological polar surface area (TPSA) is 38.8 Å². The fourth-order valence-electron chi connectivity index (χ4n) is 2.75. The molecule has 1 aromatic carbocycles. The Morgan fingerprint density at radius 2 is 2.10 bits per heavy atom. The second-order valence-electron chi connectivity index (χ2n) is 5.64. The number of rotatable bonds is 4. The van der Waals surface area contributed by atoms with Gasteiger partial charge in [-0.05, 0) is 30.9 Å². The molecule has 3 rings (SSSR count). The summed E-state index contributed by atoms with van der Waals surface area (Å²) >= 11 is 0. The lowest BCUT2D eigenvalue weighted by Gasteiger charge is -2.39. The van der Waals surface area contributed by atoms with Crippen molar-refractivity contribution < 1.29 is 14.3 Å². The number of para-hydroxylation sites is 1. The van der Waals surface area contributed by atoms with Crippen molar-refractivity contribution in [3.8, 4) is 5.75 Å². The van der Waals surface area contributed by atoms with Crippen LogP contribution in [0.1, 0.15) is 19.3 Å². The summed E-state index contributed by atoms with van der Waals surface area (Å²) in [5, 5.41) is 0. The van der Waals surface area contributed by atoms with Gasteiger partial charge in [-0.2, -0.15) is 0 Å². The van der Waals surface area contributed by atoms with Gasteiger partial charge in [0.2, 0.25) is 5.91 Å². The minimum absolute atomic E-state index is 0.143. The van der Waals surface area contributed by atoms with Crippen LogP contribution in [0, 0.1) is 5.92 Å². The second-order valence-corrected chi connectivity index (χ2v) is 5.64. The summed E-state index contributed by atoms with van der Waals surface area (Å²) in [7, 11) is 0. The quantitative estimate of drug-likeness (QED) is 0.844. The van der Waals surface area contributed by atoms with Crippen LogP contribution >= 0.6 is 0 Å². The highest BCUT2D eigenvalue weighted by Crippen LogP contribution is 2.22. The van der Waals surface area contributed by atoms with Crippen LogP contribution in [0.15, 0.2) is 30.3 Å². The van der Waals surface area contributed by atoms with Crippen LogP contribution in [0.4, 0.5) is 0 Å². The molecule has 0 bridgehead atoms. The molecular formula is C16H21NO3. The Hall–Kier alpha value is -1.55. The Bertz CT molecular complexity index is 436. The van der Waals surface area contributed by atoms with E-state index in [1.807, 2.05) is 35.2 Å². The maximum atomic E-state index is 12.1. The first kappa shape index (κ1) is 13.4. The van der Waals surface area contributed by atoms with Crippen LogP contribution < -0.4 is 4.74 Å². The van der Waals surface area contributed by atoms with Gasteiger partial charge < -0.3 is 14.4 Å². The van der Waals surface area contributed by atoms with Crippen molar-refractivity contribution in [2.45, 2.75) is 25.4 Å². The van der Waals surface area contributed by atoms with E-state index in [9.17, 15) is 4.79 Å². The molecule has 108 valence electrons. The van der Waals surface area contributed by atoms with Crippen molar-refractivity contribution in [1.29, 1.82) is 0 Å². The van der Waals surface area contributed by atoms with E-state index in [-0.39, 0.29) is 12.0 Å². The Balaban J connectivity index is 1.40. The number of likely N-dealkylation sites (tertiary alicyclic amines) is 1. The van der Waals surface area contributed by atoms with Gasteiger partial charge in [-0.1, -0.05) is 18.2 Å². The molecule has 20 heavy (non-hydrogen) atoms. The zero-order chi connectivity index (χ0) is 13.8. The molecule has 0 unspecified atom stereocenters. The molecule has 4 heteroatoms. The van der Waals surface area contributed by atoms with Gasteiger partial charge in [0.05, 0.1) is 13.1 Å². The molecule has 4 nitrogen and oxygen atoms in total. The standard InChI is InChI=1S/C16H21NO3/c18-16(9-13-5-4-8-19-12-13)17-10-15(11-17)20-14-6-2-1-3-7-14/h1-3,6-7,13,15H,4-5,8-12H2/t13-/m1/s1. The average molecular weight is 275 g/mol. The van der Waals surface area contributed by atoms with Gasteiger partial charge in [0.1, 0.15) is 11.9 Å². The van der Waals surface area contributed by atoms with E-state index in [2.05, 4.69) is 0 Å². The van der Waals surface area contributed by atoms with Crippen LogP contribution in [0.5, 0.6) is 5.75 Å². The molecule has 0 N–H and O–H groups in total. The lowest BCUT2D eigenvalue weighted by molar-refractivity contribution is -0.142. The molecule has 0 aliphatic carbocycles. The van der Waals surface area contributed by atoms with Crippen LogP contribution in [-0.4, -0.2) is 43.2 Å². The second kappa shape index (κ2) is 6.27. The summed E-state index contributed by atoms with van der Waals surface area (Å²) in [6.07, 6.45) is 2.96. The monoisotopic (exact) mass is 275 g/mol. The molecule has 2 heterocycles. The third-order valence-corrected chi connectivity index (χ3v) is 3.96. The van der Waals surface area contributed by atoms with Crippen LogP contribution in [0.25, 0.3) is 0 Å². The molecule has 2 aliphatic rings. The summed E-state index contributed by atoms with van der Waals surface area (Å²) in [4.78, 5) is 14.0. The summed E-state index contributed by atoms with van der Waals surface area (Å²) in [5.74, 6) is 1.53. The van der Waals surface area contributed by atoms with Gasteiger partial charge in [-0.15, -0.1) is 0 Å². The Kier molecular flexibility index (Phi) is 4.21. The van der Waals surface area contributed by atoms with Gasteiger partial charge in [0.15, 0.2) is 0 Å². The van der Waals surface area contributed by atoms with Crippen LogP contribution in [0.3, 0.4) is 0 Å².